The highest BCUT2D eigenvalue weighted by atomic mass is 32.1. The van der Waals surface area contributed by atoms with Crippen LogP contribution in [0.5, 0.6) is 0 Å². The van der Waals surface area contributed by atoms with E-state index in [1.807, 2.05) is 17.5 Å². The number of pyridine rings is 1. The van der Waals surface area contributed by atoms with Gasteiger partial charge in [0.2, 0.25) is 0 Å². The molecule has 0 radical (unpaired) electrons. The van der Waals surface area contributed by atoms with Gasteiger partial charge in [-0.3, -0.25) is 9.78 Å². The van der Waals surface area contributed by atoms with Crippen LogP contribution in [0.1, 0.15) is 26.3 Å². The van der Waals surface area contributed by atoms with Gasteiger partial charge >= 0.3 is 0 Å². The molecule has 1 aromatic carbocycles. The summed E-state index contributed by atoms with van der Waals surface area (Å²) in [5.74, 6) is 0.571. The Bertz CT molecular complexity index is 1120. The van der Waals surface area contributed by atoms with Crippen molar-refractivity contribution in [1.29, 1.82) is 0 Å². The van der Waals surface area contributed by atoms with Gasteiger partial charge in [0, 0.05) is 28.9 Å². The van der Waals surface area contributed by atoms with Crippen molar-refractivity contribution in [1.82, 2.24) is 15.0 Å². The maximum atomic E-state index is 12.7. The fourth-order valence-electron chi connectivity index (χ4n) is 2.96. The lowest BCUT2D eigenvalue weighted by Gasteiger charge is -2.19. The van der Waals surface area contributed by atoms with Crippen molar-refractivity contribution in [2.24, 2.45) is 0 Å². The normalized spacial score (nSPS) is 11.8. The van der Waals surface area contributed by atoms with Crippen LogP contribution in [0.4, 0.5) is 0 Å². The number of hydrogen-bond donors (Lipinski definition) is 1. The molecule has 3 heterocycles. The van der Waals surface area contributed by atoms with Crippen LogP contribution in [-0.4, -0.2) is 15.0 Å². The molecule has 0 atom stereocenters. The fourth-order valence-corrected chi connectivity index (χ4v) is 3.91. The Morgan fingerprint density at radius 1 is 0.962 bits per heavy atom. The average molecular weight is 361 g/mol. The molecule has 0 saturated carbocycles. The molecule has 26 heavy (non-hydrogen) atoms. The molecular weight excluding hydrogens is 342 g/mol. The second kappa shape index (κ2) is 6.18. The van der Waals surface area contributed by atoms with Crippen LogP contribution in [0, 0.1) is 0 Å². The van der Waals surface area contributed by atoms with Gasteiger partial charge in [-0.25, -0.2) is 4.98 Å². The van der Waals surface area contributed by atoms with E-state index in [4.69, 9.17) is 0 Å². The van der Waals surface area contributed by atoms with E-state index in [0.717, 1.165) is 21.5 Å². The molecule has 0 amide bonds. The van der Waals surface area contributed by atoms with Crippen LogP contribution in [-0.2, 0) is 5.41 Å². The zero-order valence-electron chi connectivity index (χ0n) is 14.9. The molecule has 130 valence electrons. The predicted octanol–water partition coefficient (Wildman–Crippen LogP) is 5.01. The third kappa shape index (κ3) is 2.95. The lowest BCUT2D eigenvalue weighted by atomic mass is 9.86. The van der Waals surface area contributed by atoms with Gasteiger partial charge in [0.25, 0.3) is 5.56 Å². The van der Waals surface area contributed by atoms with Crippen LogP contribution in [0.2, 0.25) is 0 Å². The highest BCUT2D eigenvalue weighted by Gasteiger charge is 2.16. The zero-order chi connectivity index (χ0) is 18.3. The van der Waals surface area contributed by atoms with Crippen LogP contribution in [0.25, 0.3) is 32.7 Å². The summed E-state index contributed by atoms with van der Waals surface area (Å²) in [7, 11) is 0. The van der Waals surface area contributed by atoms with E-state index in [0.29, 0.717) is 11.2 Å². The number of benzene rings is 1. The number of fused-ring (bicyclic) bond motifs is 1. The van der Waals surface area contributed by atoms with Gasteiger partial charge in [0.1, 0.15) is 10.7 Å². The SMILES string of the molecule is CC(C)(C)c1ccc(-c2csc3nc(-c4ccncc4)[nH]c(=O)c23)cc1. The fraction of sp³-hybridized carbons (Fsp3) is 0.190. The van der Waals surface area contributed by atoms with Crippen molar-refractivity contribution in [3.63, 3.8) is 0 Å². The summed E-state index contributed by atoms with van der Waals surface area (Å²) in [5, 5.41) is 2.66. The highest BCUT2D eigenvalue weighted by molar-refractivity contribution is 7.17. The number of thiophene rings is 1. The van der Waals surface area contributed by atoms with Gasteiger partial charge < -0.3 is 4.98 Å². The van der Waals surface area contributed by atoms with Crippen molar-refractivity contribution in [2.45, 2.75) is 26.2 Å². The molecule has 0 saturated heterocycles. The zero-order valence-corrected chi connectivity index (χ0v) is 15.7. The van der Waals surface area contributed by atoms with Crippen LogP contribution in [0.3, 0.4) is 0 Å². The maximum Gasteiger partial charge on any atom is 0.260 e. The Hall–Kier alpha value is -2.79. The van der Waals surface area contributed by atoms with E-state index in [9.17, 15) is 4.79 Å². The molecule has 0 bridgehead atoms. The largest absolute Gasteiger partial charge is 0.306 e. The molecule has 0 aliphatic rings. The molecule has 0 aliphatic heterocycles. The molecule has 4 rings (SSSR count). The minimum atomic E-state index is -0.113. The lowest BCUT2D eigenvalue weighted by Crippen LogP contribution is -2.10. The van der Waals surface area contributed by atoms with E-state index in [-0.39, 0.29) is 11.0 Å². The first-order valence-corrected chi connectivity index (χ1v) is 9.34. The average Bonchev–Trinajstić information content (AvgIpc) is 3.06. The van der Waals surface area contributed by atoms with E-state index >= 15 is 0 Å². The van der Waals surface area contributed by atoms with Crippen molar-refractivity contribution >= 4 is 21.6 Å². The first kappa shape index (κ1) is 16.7. The first-order chi connectivity index (χ1) is 12.4. The van der Waals surface area contributed by atoms with Crippen LogP contribution in [0.15, 0.2) is 59.0 Å². The molecule has 0 fully saturated rings. The summed E-state index contributed by atoms with van der Waals surface area (Å²) in [6.07, 6.45) is 3.38. The number of rotatable bonds is 2. The van der Waals surface area contributed by atoms with Gasteiger partial charge in [0.15, 0.2) is 0 Å². The van der Waals surface area contributed by atoms with E-state index in [1.165, 1.54) is 16.9 Å². The number of aromatic amines is 1. The monoisotopic (exact) mass is 361 g/mol. The minimum Gasteiger partial charge on any atom is -0.306 e. The van der Waals surface area contributed by atoms with Crippen molar-refractivity contribution < 1.29 is 0 Å². The van der Waals surface area contributed by atoms with Gasteiger partial charge in [-0.2, -0.15) is 0 Å². The quantitative estimate of drug-likeness (QED) is 0.546. The minimum absolute atomic E-state index is 0.105. The lowest BCUT2D eigenvalue weighted by molar-refractivity contribution is 0.590. The first-order valence-electron chi connectivity index (χ1n) is 8.46. The molecule has 3 aromatic heterocycles. The molecule has 0 aliphatic carbocycles. The molecule has 5 heteroatoms. The van der Waals surface area contributed by atoms with E-state index in [1.54, 1.807) is 12.4 Å². The molecule has 1 N–H and O–H groups in total. The molecule has 0 unspecified atom stereocenters. The van der Waals surface area contributed by atoms with Crippen molar-refractivity contribution in [3.05, 3.63) is 70.1 Å². The molecule has 4 nitrogen and oxygen atoms in total. The van der Waals surface area contributed by atoms with Gasteiger partial charge in [-0.1, -0.05) is 45.0 Å². The Balaban J connectivity index is 1.82. The Morgan fingerprint density at radius 3 is 2.31 bits per heavy atom. The third-order valence-corrected chi connectivity index (χ3v) is 5.33. The third-order valence-electron chi connectivity index (χ3n) is 4.46. The summed E-state index contributed by atoms with van der Waals surface area (Å²) >= 11 is 1.49. The van der Waals surface area contributed by atoms with Gasteiger partial charge in [-0.05, 0) is 28.7 Å². The number of nitrogens with one attached hydrogen (secondary N) is 1. The summed E-state index contributed by atoms with van der Waals surface area (Å²) in [5.41, 5.74) is 4.08. The topological polar surface area (TPSA) is 58.6 Å². The van der Waals surface area contributed by atoms with E-state index in [2.05, 4.69) is 60.0 Å². The highest BCUT2D eigenvalue weighted by Crippen LogP contribution is 2.33. The number of H-pyrrole nitrogens is 1. The number of hydrogen-bond acceptors (Lipinski definition) is 4. The maximum absolute atomic E-state index is 12.7. The summed E-state index contributed by atoms with van der Waals surface area (Å²) < 4.78 is 0. The summed E-state index contributed by atoms with van der Waals surface area (Å²) in [4.78, 5) is 25.1. The van der Waals surface area contributed by atoms with Crippen LogP contribution < -0.4 is 5.56 Å². The second-order valence-electron chi connectivity index (χ2n) is 7.31. The van der Waals surface area contributed by atoms with Gasteiger partial charge in [-0.15, -0.1) is 11.3 Å². The number of aromatic nitrogens is 3. The Morgan fingerprint density at radius 2 is 1.65 bits per heavy atom. The second-order valence-corrected chi connectivity index (χ2v) is 8.17. The molecular formula is C21H19N3OS. The Kier molecular flexibility index (Phi) is 3.96. The standard InChI is InChI=1S/C21H19N3OS/c1-21(2,3)15-6-4-13(5-7-15)16-12-26-20-17(16)19(25)23-18(24-20)14-8-10-22-11-9-14/h4-12H,1-3H3,(H,23,24,25). The van der Waals surface area contributed by atoms with E-state index < -0.39 is 0 Å². The summed E-state index contributed by atoms with van der Waals surface area (Å²) in [6, 6.07) is 12.1. The van der Waals surface area contributed by atoms with Crippen molar-refractivity contribution in [3.8, 4) is 22.5 Å². The molecule has 4 aromatic rings. The smallest absolute Gasteiger partial charge is 0.260 e. The van der Waals surface area contributed by atoms with Crippen molar-refractivity contribution in [2.75, 3.05) is 0 Å². The van der Waals surface area contributed by atoms with Gasteiger partial charge in [0.05, 0.1) is 5.39 Å². The van der Waals surface area contributed by atoms with Crippen LogP contribution >= 0.6 is 11.3 Å². The summed E-state index contributed by atoms with van der Waals surface area (Å²) in [6.45, 7) is 6.58. The Labute approximate surface area is 155 Å². The predicted molar refractivity (Wildman–Crippen MR) is 108 cm³/mol. The number of nitrogens with zero attached hydrogens (tertiary/aromatic N) is 2. The molecule has 0 spiro atoms.